The Bertz CT molecular complexity index is 510. The molecule has 3 nitrogen and oxygen atoms in total. The van der Waals surface area contributed by atoms with Crippen molar-refractivity contribution in [2.24, 2.45) is 0 Å². The molecule has 2 aromatic rings. The van der Waals surface area contributed by atoms with Crippen LogP contribution in [0.3, 0.4) is 0 Å². The first-order chi connectivity index (χ1) is 7.79. The van der Waals surface area contributed by atoms with Gasteiger partial charge in [0.25, 0.3) is 0 Å². The summed E-state index contributed by atoms with van der Waals surface area (Å²) in [6.45, 7) is 2.15. The van der Waals surface area contributed by atoms with Gasteiger partial charge in [-0.3, -0.25) is 0 Å². The van der Waals surface area contributed by atoms with E-state index in [2.05, 4.69) is 0 Å². The lowest BCUT2D eigenvalue weighted by molar-refractivity contribution is 0.302. The maximum absolute atomic E-state index is 11.3. The highest BCUT2D eigenvalue weighted by atomic mass is 31.1. The Kier molecular flexibility index (Phi) is 3.50. The van der Waals surface area contributed by atoms with Crippen molar-refractivity contribution in [3.8, 4) is 5.75 Å². The van der Waals surface area contributed by atoms with Gasteiger partial charge >= 0.3 is 8.25 Å². The van der Waals surface area contributed by atoms with Crippen LogP contribution in [-0.2, 0) is 9.09 Å². The Hall–Kier alpha value is -1.44. The van der Waals surface area contributed by atoms with Crippen molar-refractivity contribution in [2.75, 3.05) is 6.61 Å². The predicted octanol–water partition coefficient (Wildman–Crippen LogP) is 3.91. The quantitative estimate of drug-likeness (QED) is 0.753. The van der Waals surface area contributed by atoms with Crippen LogP contribution in [0.1, 0.15) is 6.92 Å². The molecule has 0 fully saturated rings. The lowest BCUT2D eigenvalue weighted by Gasteiger charge is -1.97. The lowest BCUT2D eigenvalue weighted by Crippen LogP contribution is -1.86. The van der Waals surface area contributed by atoms with Gasteiger partial charge in [0.15, 0.2) is 5.75 Å². The molecule has 0 amide bonds. The second kappa shape index (κ2) is 5.06. The highest BCUT2D eigenvalue weighted by molar-refractivity contribution is 7.33. The van der Waals surface area contributed by atoms with Crippen molar-refractivity contribution in [1.82, 2.24) is 0 Å². The molecule has 82 valence electrons. The van der Waals surface area contributed by atoms with Gasteiger partial charge in [-0.15, -0.1) is 4.52 Å². The van der Waals surface area contributed by atoms with Crippen LogP contribution in [-0.4, -0.2) is 6.61 Å². The molecule has 16 heavy (non-hydrogen) atoms. The molecule has 0 aromatic heterocycles. The normalized spacial score (nSPS) is 11.4. The Morgan fingerprint density at radius 2 is 1.88 bits per heavy atom. The van der Waals surface area contributed by atoms with Crippen LogP contribution < -0.4 is 4.52 Å². The van der Waals surface area contributed by atoms with E-state index in [9.17, 15) is 4.57 Å². The fraction of sp³-hybridized carbons (Fsp3) is 0.167. The molecule has 0 saturated carbocycles. The van der Waals surface area contributed by atoms with Crippen molar-refractivity contribution < 1.29 is 13.6 Å². The van der Waals surface area contributed by atoms with Gasteiger partial charge in [-0.05, 0) is 29.8 Å². The van der Waals surface area contributed by atoms with Crippen LogP contribution in [0.15, 0.2) is 42.5 Å². The first-order valence-electron chi connectivity index (χ1n) is 5.06. The van der Waals surface area contributed by atoms with E-state index >= 15 is 0 Å². The second-order valence-corrected chi connectivity index (χ2v) is 4.13. The zero-order chi connectivity index (χ0) is 11.4. The average molecular weight is 235 g/mol. The van der Waals surface area contributed by atoms with Gasteiger partial charge in [0.2, 0.25) is 0 Å². The number of benzene rings is 2. The Morgan fingerprint density at radius 3 is 2.62 bits per heavy atom. The largest absolute Gasteiger partial charge is 0.750 e. The summed E-state index contributed by atoms with van der Waals surface area (Å²) in [5, 5.41) is 2.18. The van der Waals surface area contributed by atoms with Gasteiger partial charge < -0.3 is 0 Å². The summed E-state index contributed by atoms with van der Waals surface area (Å²) < 4.78 is 21.2. The Morgan fingerprint density at radius 1 is 1.12 bits per heavy atom. The lowest BCUT2D eigenvalue weighted by atomic mass is 10.1. The average Bonchev–Trinajstić information content (AvgIpc) is 2.29. The summed E-state index contributed by atoms with van der Waals surface area (Å²) in [7, 11) is -2.06. The minimum atomic E-state index is -2.06. The first kappa shape index (κ1) is 11.1. The van der Waals surface area contributed by atoms with Gasteiger partial charge in [0.05, 0.1) is 0 Å². The molecule has 0 aliphatic heterocycles. The fourth-order valence-electron chi connectivity index (χ4n) is 1.44. The maximum Gasteiger partial charge on any atom is 0.750 e. The van der Waals surface area contributed by atoms with Gasteiger partial charge in [-0.1, -0.05) is 30.3 Å². The van der Waals surface area contributed by atoms with Crippen molar-refractivity contribution in [1.29, 1.82) is 0 Å². The van der Waals surface area contributed by atoms with Crippen LogP contribution in [0.2, 0.25) is 0 Å². The summed E-state index contributed by atoms with van der Waals surface area (Å²) >= 11 is 0. The molecule has 0 heterocycles. The Balaban J connectivity index is 2.22. The summed E-state index contributed by atoms with van der Waals surface area (Å²) in [6, 6.07) is 13.5. The van der Waals surface area contributed by atoms with Crippen molar-refractivity contribution >= 4 is 19.0 Å². The highest BCUT2D eigenvalue weighted by Crippen LogP contribution is 2.29. The van der Waals surface area contributed by atoms with E-state index in [-0.39, 0.29) is 0 Å². The molecule has 1 atom stereocenters. The fourth-order valence-corrected chi connectivity index (χ4v) is 1.99. The van der Waals surface area contributed by atoms with Crippen LogP contribution in [0.4, 0.5) is 0 Å². The zero-order valence-electron chi connectivity index (χ0n) is 8.92. The number of hydrogen-bond acceptors (Lipinski definition) is 3. The number of hydrogen-bond donors (Lipinski definition) is 0. The third-order valence-electron chi connectivity index (χ3n) is 2.14. The molecule has 0 spiro atoms. The van der Waals surface area contributed by atoms with Crippen LogP contribution >= 0.6 is 8.25 Å². The summed E-state index contributed by atoms with van der Waals surface area (Å²) in [4.78, 5) is 0. The van der Waals surface area contributed by atoms with E-state index in [1.54, 1.807) is 13.0 Å². The molecule has 2 aromatic carbocycles. The maximum atomic E-state index is 11.3. The molecular formula is C12H12O3P+. The molecule has 2 rings (SSSR count). The minimum absolute atomic E-state index is 0.378. The van der Waals surface area contributed by atoms with E-state index < -0.39 is 8.25 Å². The molecule has 0 radical (unpaired) electrons. The molecule has 1 unspecified atom stereocenters. The van der Waals surface area contributed by atoms with Gasteiger partial charge in [0.1, 0.15) is 6.61 Å². The minimum Gasteiger partial charge on any atom is -0.229 e. The Labute approximate surface area is 94.9 Å². The van der Waals surface area contributed by atoms with E-state index in [0.29, 0.717) is 12.4 Å². The zero-order valence-corrected chi connectivity index (χ0v) is 9.81. The first-order valence-corrected chi connectivity index (χ1v) is 6.16. The molecule has 0 N–H and O–H groups in total. The van der Waals surface area contributed by atoms with Crippen molar-refractivity contribution in [2.45, 2.75) is 6.92 Å². The van der Waals surface area contributed by atoms with Crippen LogP contribution in [0.5, 0.6) is 5.75 Å². The van der Waals surface area contributed by atoms with E-state index in [1.807, 2.05) is 36.4 Å². The molecule has 0 bridgehead atoms. The van der Waals surface area contributed by atoms with E-state index in [0.717, 1.165) is 10.8 Å². The van der Waals surface area contributed by atoms with Gasteiger partial charge in [-0.25, -0.2) is 4.52 Å². The molecule has 4 heteroatoms. The summed E-state index contributed by atoms with van der Waals surface area (Å²) in [5.41, 5.74) is 0. The number of fused-ring (bicyclic) bond motifs is 1. The standard InChI is InChI=1S/C12H12O3P/c1-2-14-16(13)15-12-8-7-10-5-3-4-6-11(10)9-12/h3-9H,2H2,1H3/q+1. The second-order valence-electron chi connectivity index (χ2n) is 3.24. The molecule has 0 aliphatic carbocycles. The van der Waals surface area contributed by atoms with Crippen LogP contribution in [0.25, 0.3) is 10.8 Å². The molecular weight excluding hydrogens is 223 g/mol. The predicted molar refractivity (Wildman–Crippen MR) is 63.8 cm³/mol. The topological polar surface area (TPSA) is 35.5 Å². The van der Waals surface area contributed by atoms with Crippen LogP contribution in [0, 0.1) is 0 Å². The summed E-state index contributed by atoms with van der Waals surface area (Å²) in [6.07, 6.45) is 0. The van der Waals surface area contributed by atoms with Crippen molar-refractivity contribution in [3.05, 3.63) is 42.5 Å². The third-order valence-corrected chi connectivity index (χ3v) is 2.96. The van der Waals surface area contributed by atoms with E-state index in [4.69, 9.17) is 9.05 Å². The SMILES string of the molecule is CCO[P+](=O)Oc1ccc2ccccc2c1. The van der Waals surface area contributed by atoms with Gasteiger partial charge in [-0.2, -0.15) is 0 Å². The third kappa shape index (κ3) is 2.57. The summed E-state index contributed by atoms with van der Waals surface area (Å²) in [5.74, 6) is 0.563. The molecule has 0 saturated heterocycles. The van der Waals surface area contributed by atoms with E-state index in [1.165, 1.54) is 0 Å². The monoisotopic (exact) mass is 235 g/mol. The van der Waals surface area contributed by atoms with Gasteiger partial charge in [0, 0.05) is 4.57 Å². The highest BCUT2D eigenvalue weighted by Gasteiger charge is 2.20. The van der Waals surface area contributed by atoms with Crippen molar-refractivity contribution in [3.63, 3.8) is 0 Å². The molecule has 0 aliphatic rings. The smallest absolute Gasteiger partial charge is 0.229 e. The number of rotatable bonds is 4.